The molecule has 1 aromatic heterocycles. The molecule has 0 bridgehead atoms. The van der Waals surface area contributed by atoms with Crippen LogP contribution in [-0.2, 0) is 16.6 Å². The van der Waals surface area contributed by atoms with E-state index in [1.807, 2.05) is 0 Å². The molecule has 1 aliphatic rings. The van der Waals surface area contributed by atoms with Crippen LogP contribution in [0.25, 0.3) is 0 Å². The Balaban J connectivity index is 2.05. The van der Waals surface area contributed by atoms with E-state index >= 15 is 0 Å². The van der Waals surface area contributed by atoms with Gasteiger partial charge >= 0.3 is 0 Å². The van der Waals surface area contributed by atoms with Crippen molar-refractivity contribution in [2.45, 2.75) is 30.8 Å². The highest BCUT2D eigenvalue weighted by atomic mass is 32.2. The van der Waals surface area contributed by atoms with E-state index in [2.05, 4.69) is 4.72 Å². The number of rotatable bonds is 5. The molecule has 1 heterocycles. The molecule has 0 atom stereocenters. The van der Waals surface area contributed by atoms with Crippen molar-refractivity contribution in [2.75, 3.05) is 6.54 Å². The summed E-state index contributed by atoms with van der Waals surface area (Å²) >= 11 is 1.26. The molecule has 1 saturated carbocycles. The van der Waals surface area contributed by atoms with Crippen molar-refractivity contribution in [3.63, 3.8) is 0 Å². The Morgan fingerprint density at radius 1 is 1.50 bits per heavy atom. The van der Waals surface area contributed by atoms with Crippen LogP contribution >= 0.6 is 11.3 Å². The molecule has 2 rings (SSSR count). The van der Waals surface area contributed by atoms with Gasteiger partial charge in [-0.05, 0) is 30.2 Å². The molecular weight excluding hydrogens is 246 g/mol. The topological polar surface area (TPSA) is 66.4 Å². The van der Waals surface area contributed by atoms with Crippen LogP contribution in [0.5, 0.6) is 0 Å². The Labute approximate surface area is 99.4 Å². The summed E-state index contributed by atoms with van der Waals surface area (Å²) in [6.45, 7) is 0.292. The number of aliphatic hydroxyl groups is 1. The first-order valence-corrected chi connectivity index (χ1v) is 7.66. The second kappa shape index (κ2) is 4.83. The summed E-state index contributed by atoms with van der Waals surface area (Å²) in [6, 6.07) is 1.54. The van der Waals surface area contributed by atoms with Crippen molar-refractivity contribution in [2.24, 2.45) is 5.92 Å². The van der Waals surface area contributed by atoms with E-state index in [4.69, 9.17) is 5.11 Å². The van der Waals surface area contributed by atoms with Crippen LogP contribution in [0.4, 0.5) is 0 Å². The molecule has 0 aliphatic heterocycles. The number of hydrogen-bond acceptors (Lipinski definition) is 4. The summed E-state index contributed by atoms with van der Waals surface area (Å²) in [4.78, 5) is 0.723. The van der Waals surface area contributed by atoms with Gasteiger partial charge < -0.3 is 5.11 Å². The molecule has 0 amide bonds. The molecule has 0 unspecified atom stereocenters. The minimum Gasteiger partial charge on any atom is -0.391 e. The number of nitrogens with one attached hydrogen (secondary N) is 1. The Bertz CT molecular complexity index is 448. The molecule has 0 saturated heterocycles. The largest absolute Gasteiger partial charge is 0.391 e. The molecule has 1 fully saturated rings. The van der Waals surface area contributed by atoms with E-state index in [0.717, 1.165) is 12.8 Å². The first-order chi connectivity index (χ1) is 7.63. The van der Waals surface area contributed by atoms with E-state index in [1.165, 1.54) is 17.8 Å². The Hall–Kier alpha value is -0.430. The van der Waals surface area contributed by atoms with Gasteiger partial charge in [-0.1, -0.05) is 6.42 Å². The van der Waals surface area contributed by atoms with E-state index in [9.17, 15) is 8.42 Å². The number of hydrogen-bond donors (Lipinski definition) is 2. The average molecular weight is 261 g/mol. The SMILES string of the molecule is O=S(=O)(NCC1CCC1)c1ccsc1CO. The van der Waals surface area contributed by atoms with Crippen LogP contribution in [-0.4, -0.2) is 20.1 Å². The average Bonchev–Trinajstić information content (AvgIpc) is 2.63. The van der Waals surface area contributed by atoms with Gasteiger partial charge in [0.15, 0.2) is 0 Å². The third kappa shape index (κ3) is 2.45. The summed E-state index contributed by atoms with van der Waals surface area (Å²) in [5.74, 6) is 0.492. The van der Waals surface area contributed by atoms with Gasteiger partial charge in [0.25, 0.3) is 0 Å². The molecule has 0 radical (unpaired) electrons. The maximum absolute atomic E-state index is 11.9. The van der Waals surface area contributed by atoms with Gasteiger partial charge in [-0.25, -0.2) is 13.1 Å². The minimum absolute atomic E-state index is 0.222. The third-order valence-electron chi connectivity index (χ3n) is 2.92. The fourth-order valence-electron chi connectivity index (χ4n) is 1.69. The molecule has 2 N–H and O–H groups in total. The van der Waals surface area contributed by atoms with E-state index in [-0.39, 0.29) is 11.5 Å². The van der Waals surface area contributed by atoms with E-state index < -0.39 is 10.0 Å². The van der Waals surface area contributed by atoms with Gasteiger partial charge in [0.2, 0.25) is 10.0 Å². The molecule has 90 valence electrons. The zero-order valence-electron chi connectivity index (χ0n) is 8.85. The summed E-state index contributed by atoms with van der Waals surface area (Å²) in [5.41, 5.74) is 0. The number of aliphatic hydroxyl groups excluding tert-OH is 1. The van der Waals surface area contributed by atoms with E-state index in [0.29, 0.717) is 17.3 Å². The summed E-state index contributed by atoms with van der Waals surface area (Å²) < 4.78 is 26.4. The van der Waals surface area contributed by atoms with Crippen LogP contribution < -0.4 is 4.72 Å². The van der Waals surface area contributed by atoms with Crippen molar-refractivity contribution < 1.29 is 13.5 Å². The van der Waals surface area contributed by atoms with Gasteiger partial charge in [-0.15, -0.1) is 11.3 Å². The minimum atomic E-state index is -3.43. The quantitative estimate of drug-likeness (QED) is 0.840. The van der Waals surface area contributed by atoms with Gasteiger partial charge in [0.05, 0.1) is 11.5 Å². The van der Waals surface area contributed by atoms with Crippen LogP contribution in [0, 0.1) is 5.92 Å². The second-order valence-corrected chi connectivity index (χ2v) is 6.75. The smallest absolute Gasteiger partial charge is 0.241 e. The highest BCUT2D eigenvalue weighted by Crippen LogP contribution is 2.26. The lowest BCUT2D eigenvalue weighted by Gasteiger charge is -2.25. The van der Waals surface area contributed by atoms with Crippen molar-refractivity contribution in [3.05, 3.63) is 16.3 Å². The lowest BCUT2D eigenvalue weighted by Crippen LogP contribution is -2.32. The molecule has 1 aromatic rings. The Morgan fingerprint density at radius 2 is 2.25 bits per heavy atom. The molecule has 0 spiro atoms. The zero-order chi connectivity index (χ0) is 11.6. The third-order valence-corrected chi connectivity index (χ3v) is 5.47. The molecular formula is C10H15NO3S2. The summed E-state index contributed by atoms with van der Waals surface area (Å²) in [5, 5.41) is 10.7. The van der Waals surface area contributed by atoms with Crippen LogP contribution in [0.3, 0.4) is 0 Å². The first kappa shape index (κ1) is 12.0. The fourth-order valence-corrected chi connectivity index (χ4v) is 4.09. The van der Waals surface area contributed by atoms with Crippen molar-refractivity contribution in [1.82, 2.24) is 4.72 Å². The molecule has 4 nitrogen and oxygen atoms in total. The molecule has 0 aromatic carbocycles. The molecule has 16 heavy (non-hydrogen) atoms. The van der Waals surface area contributed by atoms with Crippen LogP contribution in [0.1, 0.15) is 24.1 Å². The van der Waals surface area contributed by atoms with Crippen molar-refractivity contribution in [3.8, 4) is 0 Å². The maximum atomic E-state index is 11.9. The zero-order valence-corrected chi connectivity index (χ0v) is 10.5. The Morgan fingerprint density at radius 3 is 2.81 bits per heavy atom. The Kier molecular flexibility index (Phi) is 3.63. The van der Waals surface area contributed by atoms with Crippen molar-refractivity contribution >= 4 is 21.4 Å². The predicted octanol–water partition coefficient (Wildman–Crippen LogP) is 1.32. The van der Waals surface area contributed by atoms with Gasteiger partial charge in [-0.2, -0.15) is 0 Å². The molecule has 6 heteroatoms. The lowest BCUT2D eigenvalue weighted by atomic mass is 9.86. The van der Waals surface area contributed by atoms with Crippen LogP contribution in [0.15, 0.2) is 16.3 Å². The number of thiophene rings is 1. The normalized spacial score (nSPS) is 17.3. The first-order valence-electron chi connectivity index (χ1n) is 5.30. The standard InChI is InChI=1S/C10H15NO3S2/c12-7-9-10(4-5-15-9)16(13,14)11-6-8-2-1-3-8/h4-5,8,11-12H,1-3,6-7H2. The van der Waals surface area contributed by atoms with Crippen LogP contribution in [0.2, 0.25) is 0 Å². The lowest BCUT2D eigenvalue weighted by molar-refractivity contribution is 0.282. The predicted molar refractivity (Wildman–Crippen MR) is 62.8 cm³/mol. The van der Waals surface area contributed by atoms with Gasteiger partial charge in [0.1, 0.15) is 0 Å². The second-order valence-electron chi connectivity index (χ2n) is 4.01. The summed E-state index contributed by atoms with van der Waals surface area (Å²) in [7, 11) is -3.43. The number of sulfonamides is 1. The monoisotopic (exact) mass is 261 g/mol. The van der Waals surface area contributed by atoms with Crippen molar-refractivity contribution in [1.29, 1.82) is 0 Å². The van der Waals surface area contributed by atoms with Gasteiger partial charge in [0, 0.05) is 11.4 Å². The van der Waals surface area contributed by atoms with Gasteiger partial charge in [-0.3, -0.25) is 0 Å². The highest BCUT2D eigenvalue weighted by molar-refractivity contribution is 7.89. The summed E-state index contributed by atoms with van der Waals surface area (Å²) in [6.07, 6.45) is 3.42. The fraction of sp³-hybridized carbons (Fsp3) is 0.600. The highest BCUT2D eigenvalue weighted by Gasteiger charge is 2.23. The maximum Gasteiger partial charge on any atom is 0.241 e. The van der Waals surface area contributed by atoms with E-state index in [1.54, 1.807) is 11.4 Å². The molecule has 1 aliphatic carbocycles.